The fourth-order valence-corrected chi connectivity index (χ4v) is 1.45. The van der Waals surface area contributed by atoms with Crippen molar-refractivity contribution in [3.05, 3.63) is 39.9 Å². The van der Waals surface area contributed by atoms with E-state index in [0.29, 0.717) is 5.56 Å². The van der Waals surface area contributed by atoms with Crippen LogP contribution in [0.3, 0.4) is 0 Å². The van der Waals surface area contributed by atoms with Crippen molar-refractivity contribution in [2.24, 2.45) is 0 Å². The molecule has 1 amide bonds. The maximum Gasteiger partial charge on any atom is 0.269 e. The molecule has 18 heavy (non-hydrogen) atoms. The van der Waals surface area contributed by atoms with Crippen LogP contribution in [0.25, 0.3) is 0 Å². The summed E-state index contributed by atoms with van der Waals surface area (Å²) in [6, 6.07) is 6.02. The van der Waals surface area contributed by atoms with Crippen LogP contribution in [0.4, 0.5) is 5.69 Å². The first kappa shape index (κ1) is 14.1. The Balaban J connectivity index is 3.00. The number of amides is 1. The van der Waals surface area contributed by atoms with E-state index in [1.807, 2.05) is 13.8 Å². The largest absolute Gasteiger partial charge is 0.352 e. The van der Waals surface area contributed by atoms with Gasteiger partial charge in [-0.1, -0.05) is 12.1 Å². The van der Waals surface area contributed by atoms with Gasteiger partial charge in [-0.2, -0.15) is 0 Å². The van der Waals surface area contributed by atoms with Crippen molar-refractivity contribution < 1.29 is 14.5 Å². The molecule has 1 atom stereocenters. The number of nitro benzene ring substituents is 1. The molecule has 0 spiro atoms. The van der Waals surface area contributed by atoms with Gasteiger partial charge in [-0.3, -0.25) is 14.9 Å². The summed E-state index contributed by atoms with van der Waals surface area (Å²) >= 11 is 0. The molecule has 6 nitrogen and oxygen atoms in total. The van der Waals surface area contributed by atoms with Crippen molar-refractivity contribution in [2.45, 2.75) is 33.1 Å². The Morgan fingerprint density at radius 1 is 1.44 bits per heavy atom. The van der Waals surface area contributed by atoms with E-state index in [4.69, 9.17) is 4.74 Å². The first-order valence-electron chi connectivity index (χ1n) is 5.57. The van der Waals surface area contributed by atoms with Crippen LogP contribution in [-0.2, 0) is 9.53 Å². The molecule has 1 aromatic rings. The number of carbonyl (C=O) groups excluding carboxylic acids is 1. The molecule has 98 valence electrons. The smallest absolute Gasteiger partial charge is 0.269 e. The summed E-state index contributed by atoms with van der Waals surface area (Å²) in [5.41, 5.74) is 0.517. The highest BCUT2D eigenvalue weighted by atomic mass is 16.6. The normalized spacial score (nSPS) is 12.2. The molecule has 1 unspecified atom stereocenters. The molecule has 0 aliphatic carbocycles. The number of nitrogens with zero attached hydrogens (tertiary/aromatic N) is 1. The molecule has 1 rings (SSSR count). The highest BCUT2D eigenvalue weighted by Gasteiger charge is 2.17. The van der Waals surface area contributed by atoms with Gasteiger partial charge < -0.3 is 10.1 Å². The van der Waals surface area contributed by atoms with Gasteiger partial charge in [0, 0.05) is 24.6 Å². The van der Waals surface area contributed by atoms with Crippen LogP contribution in [0.5, 0.6) is 0 Å². The summed E-state index contributed by atoms with van der Waals surface area (Å²) in [7, 11) is 0. The Morgan fingerprint density at radius 2 is 2.11 bits per heavy atom. The van der Waals surface area contributed by atoms with Crippen molar-refractivity contribution in [3.8, 4) is 0 Å². The topological polar surface area (TPSA) is 81.5 Å². The number of nitro groups is 1. The van der Waals surface area contributed by atoms with Crippen LogP contribution >= 0.6 is 0 Å². The third-order valence-electron chi connectivity index (χ3n) is 2.13. The van der Waals surface area contributed by atoms with Crippen LogP contribution < -0.4 is 5.32 Å². The van der Waals surface area contributed by atoms with Crippen LogP contribution in [0.15, 0.2) is 24.3 Å². The van der Waals surface area contributed by atoms with Crippen molar-refractivity contribution in [1.82, 2.24) is 5.32 Å². The minimum Gasteiger partial charge on any atom is -0.352 e. The quantitative estimate of drug-likeness (QED) is 0.494. The average Bonchev–Trinajstić information content (AvgIpc) is 2.27. The van der Waals surface area contributed by atoms with Gasteiger partial charge in [0.1, 0.15) is 0 Å². The lowest BCUT2D eigenvalue weighted by atomic mass is 10.1. The molecular weight excluding hydrogens is 236 g/mol. The van der Waals surface area contributed by atoms with Gasteiger partial charge in [0.05, 0.1) is 11.0 Å². The lowest BCUT2D eigenvalue weighted by Crippen LogP contribution is -2.30. The van der Waals surface area contributed by atoms with E-state index in [1.165, 1.54) is 19.1 Å². The summed E-state index contributed by atoms with van der Waals surface area (Å²) in [6.07, 6.45) is -0.788. The second kappa shape index (κ2) is 6.11. The lowest BCUT2D eigenvalue weighted by Gasteiger charge is -2.21. The Bertz CT molecular complexity index is 445. The Morgan fingerprint density at radius 3 is 2.61 bits per heavy atom. The van der Waals surface area contributed by atoms with Crippen molar-refractivity contribution in [1.29, 1.82) is 0 Å². The van der Waals surface area contributed by atoms with Crippen LogP contribution in [-0.4, -0.2) is 16.9 Å². The van der Waals surface area contributed by atoms with Crippen LogP contribution in [0.1, 0.15) is 32.6 Å². The average molecular weight is 252 g/mol. The van der Waals surface area contributed by atoms with E-state index in [2.05, 4.69) is 5.32 Å². The van der Waals surface area contributed by atoms with Gasteiger partial charge >= 0.3 is 0 Å². The highest BCUT2D eigenvalue weighted by molar-refractivity contribution is 5.73. The number of carbonyl (C=O) groups is 1. The molecule has 1 aromatic carbocycles. The number of non-ortho nitro benzene ring substituents is 1. The number of nitrogens with one attached hydrogen (secondary N) is 1. The summed E-state index contributed by atoms with van der Waals surface area (Å²) < 4.78 is 5.53. The van der Waals surface area contributed by atoms with Gasteiger partial charge in [0.15, 0.2) is 6.23 Å². The van der Waals surface area contributed by atoms with Crippen molar-refractivity contribution in [2.75, 3.05) is 0 Å². The molecular formula is C12H16N2O4. The van der Waals surface area contributed by atoms with E-state index in [0.717, 1.165) is 0 Å². The molecule has 6 heteroatoms. The third kappa shape index (κ3) is 4.14. The van der Waals surface area contributed by atoms with Gasteiger partial charge in [-0.15, -0.1) is 0 Å². The molecule has 0 bridgehead atoms. The lowest BCUT2D eigenvalue weighted by molar-refractivity contribution is -0.385. The molecule has 0 saturated heterocycles. The van der Waals surface area contributed by atoms with Crippen molar-refractivity contribution in [3.63, 3.8) is 0 Å². The highest BCUT2D eigenvalue weighted by Crippen LogP contribution is 2.21. The molecule has 0 aliphatic heterocycles. The van der Waals surface area contributed by atoms with Crippen molar-refractivity contribution >= 4 is 11.6 Å². The van der Waals surface area contributed by atoms with E-state index in [1.54, 1.807) is 12.1 Å². The van der Waals surface area contributed by atoms with E-state index in [-0.39, 0.29) is 17.7 Å². The zero-order valence-corrected chi connectivity index (χ0v) is 10.5. The standard InChI is InChI=1S/C12H16N2O4/c1-8(2)18-12(13-9(3)15)10-5-4-6-11(7-10)14(16)17/h4-8,12H,1-3H3,(H,13,15). The predicted octanol–water partition coefficient (Wildman–Crippen LogP) is 2.15. The minimum absolute atomic E-state index is 0.0322. The maximum atomic E-state index is 11.1. The van der Waals surface area contributed by atoms with Crippen LogP contribution in [0.2, 0.25) is 0 Å². The van der Waals surface area contributed by atoms with E-state index < -0.39 is 11.2 Å². The minimum atomic E-state index is -0.678. The molecule has 0 saturated carbocycles. The molecule has 1 N–H and O–H groups in total. The number of rotatable bonds is 5. The number of hydrogen-bond donors (Lipinski definition) is 1. The first-order valence-corrected chi connectivity index (χ1v) is 5.57. The first-order chi connectivity index (χ1) is 8.40. The van der Waals surface area contributed by atoms with Crippen LogP contribution in [0, 0.1) is 10.1 Å². The molecule has 0 aliphatic rings. The molecule has 0 heterocycles. The number of benzene rings is 1. The number of hydrogen-bond acceptors (Lipinski definition) is 4. The fourth-order valence-electron chi connectivity index (χ4n) is 1.45. The zero-order valence-electron chi connectivity index (χ0n) is 10.5. The predicted molar refractivity (Wildman–Crippen MR) is 65.9 cm³/mol. The second-order valence-corrected chi connectivity index (χ2v) is 4.12. The summed E-state index contributed by atoms with van der Waals surface area (Å²) in [4.78, 5) is 21.3. The monoisotopic (exact) mass is 252 g/mol. The van der Waals surface area contributed by atoms with E-state index >= 15 is 0 Å². The van der Waals surface area contributed by atoms with Gasteiger partial charge in [-0.25, -0.2) is 0 Å². The Kier molecular flexibility index (Phi) is 4.79. The summed E-state index contributed by atoms with van der Waals surface area (Å²) in [6.45, 7) is 5.02. The third-order valence-corrected chi connectivity index (χ3v) is 2.13. The second-order valence-electron chi connectivity index (χ2n) is 4.12. The molecule has 0 aromatic heterocycles. The van der Waals surface area contributed by atoms with Gasteiger partial charge in [0.2, 0.25) is 5.91 Å². The molecule has 0 radical (unpaired) electrons. The summed E-state index contributed by atoms with van der Waals surface area (Å²) in [5, 5.41) is 13.3. The zero-order chi connectivity index (χ0) is 13.7. The van der Waals surface area contributed by atoms with Gasteiger partial charge in [-0.05, 0) is 13.8 Å². The fraction of sp³-hybridized carbons (Fsp3) is 0.417. The maximum absolute atomic E-state index is 11.1. The van der Waals surface area contributed by atoms with E-state index in [9.17, 15) is 14.9 Å². The SMILES string of the molecule is CC(=O)NC(OC(C)C)c1cccc([N+](=O)[O-])c1. The molecule has 0 fully saturated rings. The Hall–Kier alpha value is -1.95. The summed E-state index contributed by atoms with van der Waals surface area (Å²) in [5.74, 6) is -0.257. The van der Waals surface area contributed by atoms with Gasteiger partial charge in [0.25, 0.3) is 5.69 Å². The Labute approximate surface area is 105 Å². The number of ether oxygens (including phenoxy) is 1.